The fraction of sp³-hybridized carbons (Fsp3) is 0.286. The van der Waals surface area contributed by atoms with Crippen molar-refractivity contribution in [3.8, 4) is 45.0 Å². The van der Waals surface area contributed by atoms with E-state index in [0.29, 0.717) is 0 Å². The number of alkyl halides is 1. The first-order valence-electron chi connectivity index (χ1n) is 15.9. The molecule has 9 heteroatoms. The van der Waals surface area contributed by atoms with Crippen molar-refractivity contribution in [3.63, 3.8) is 0 Å². The normalized spacial score (nSPS) is 11.2. The fourth-order valence-electron chi connectivity index (χ4n) is 5.87. The molecular weight excluding hydrogens is 764 g/mol. The summed E-state index contributed by atoms with van der Waals surface area (Å²) in [4.78, 5) is 13.7. The van der Waals surface area contributed by atoms with Crippen molar-refractivity contribution in [1.29, 1.82) is 0 Å². The van der Waals surface area contributed by atoms with Crippen molar-refractivity contribution >= 4 is 22.6 Å². The van der Waals surface area contributed by atoms with E-state index >= 15 is 0 Å². The fourth-order valence-corrected chi connectivity index (χ4v) is 5.87. The number of halogens is 3. The van der Waals surface area contributed by atoms with Crippen LogP contribution in [0.15, 0.2) is 97.6 Å². The summed E-state index contributed by atoms with van der Waals surface area (Å²) in [5.41, 5.74) is 10.3. The van der Waals surface area contributed by atoms with Gasteiger partial charge in [0.05, 0.1) is 0 Å². The second-order valence-electron chi connectivity index (χ2n) is 11.5. The predicted octanol–water partition coefficient (Wildman–Crippen LogP) is 9.25. The van der Waals surface area contributed by atoms with Crippen LogP contribution >= 0.6 is 22.6 Å². The van der Waals surface area contributed by atoms with Crippen molar-refractivity contribution in [2.24, 2.45) is 7.05 Å². The number of aromatic nitrogens is 4. The average molecular weight is 817 g/mol. The zero-order chi connectivity index (χ0) is 34.6. The summed E-state index contributed by atoms with van der Waals surface area (Å²) in [7, 11) is 1.94. The smallest absolute Gasteiger partial charge is 1.00 e. The third-order valence-corrected chi connectivity index (χ3v) is 8.11. The average Bonchev–Trinajstić information content (AvgIpc) is 3.89. The molecule has 1 fully saturated rings. The van der Waals surface area contributed by atoms with Crippen LogP contribution in [0.4, 0.5) is 8.78 Å². The van der Waals surface area contributed by atoms with E-state index in [9.17, 15) is 8.78 Å². The van der Waals surface area contributed by atoms with Gasteiger partial charge in [-0.05, 0) is 126 Å². The third kappa shape index (κ3) is 11.9. The van der Waals surface area contributed by atoms with Crippen molar-refractivity contribution in [2.75, 3.05) is 18.1 Å². The minimum atomic E-state index is -0.238. The van der Waals surface area contributed by atoms with Gasteiger partial charge in [-0.25, -0.2) is 18.7 Å². The monoisotopic (exact) mass is 816 g/mol. The van der Waals surface area contributed by atoms with Crippen molar-refractivity contribution in [3.05, 3.63) is 131 Å². The number of rotatable bonds is 4. The number of hydrogen-bond acceptors (Lipinski definition) is 3. The van der Waals surface area contributed by atoms with Gasteiger partial charge in [0.1, 0.15) is 23.3 Å². The maximum atomic E-state index is 13.8. The Morgan fingerprint density at radius 1 is 0.686 bits per heavy atom. The number of imidazole rings is 2. The van der Waals surface area contributed by atoms with Crippen LogP contribution in [0.5, 0.6) is 0 Å². The van der Waals surface area contributed by atoms with E-state index in [1.807, 2.05) is 60.9 Å². The summed E-state index contributed by atoms with van der Waals surface area (Å²) in [5.74, 6) is 1.12. The Labute approximate surface area is 341 Å². The van der Waals surface area contributed by atoms with Crippen LogP contribution in [0, 0.1) is 39.3 Å². The molecule has 1 saturated heterocycles. The summed E-state index contributed by atoms with van der Waals surface area (Å²) in [6, 6.07) is 21.9. The summed E-state index contributed by atoms with van der Waals surface area (Å²) in [6.45, 7) is 10.2. The van der Waals surface area contributed by atoms with Crippen LogP contribution < -0.4 is 29.6 Å². The SMILES string of the molecule is C.C.C1CCOC1.CI.Cc1cccc(C)c1-c1cc(F)ccc1-c1ncc[nH]1.Cc1cccc(C)c1-c1cc(F)ccc1-c1nccn1C.[H-].[Na+]. The zero-order valence-corrected chi connectivity index (χ0v) is 33.6. The number of H-pyrrole nitrogens is 1. The Hall–Kier alpha value is -3.15. The number of benzene rings is 4. The van der Waals surface area contributed by atoms with Gasteiger partial charge >= 0.3 is 29.6 Å². The zero-order valence-electron chi connectivity index (χ0n) is 30.4. The van der Waals surface area contributed by atoms with Gasteiger partial charge in [0.25, 0.3) is 0 Å². The number of nitrogens with one attached hydrogen (secondary N) is 1. The number of aromatic amines is 1. The number of nitrogens with zero attached hydrogens (tertiary/aromatic N) is 3. The van der Waals surface area contributed by atoms with E-state index in [1.165, 1.54) is 25.0 Å². The number of ether oxygens (including phenoxy) is 1. The van der Waals surface area contributed by atoms with E-state index in [1.54, 1.807) is 42.9 Å². The number of hydrogen-bond donors (Lipinski definition) is 1. The molecule has 0 atom stereocenters. The Bertz CT molecular complexity index is 1880. The molecule has 0 bridgehead atoms. The molecule has 6 aromatic rings. The molecule has 0 radical (unpaired) electrons. The minimum absolute atomic E-state index is 0. The quantitative estimate of drug-likeness (QED) is 0.110. The molecule has 1 N–H and O–H groups in total. The maximum absolute atomic E-state index is 13.8. The molecule has 1 aliphatic rings. The molecular formula is C42H52F2IN4NaO. The van der Waals surface area contributed by atoms with E-state index in [4.69, 9.17) is 4.74 Å². The van der Waals surface area contributed by atoms with E-state index in [-0.39, 0.29) is 57.5 Å². The van der Waals surface area contributed by atoms with Gasteiger partial charge in [0.2, 0.25) is 0 Å². The Morgan fingerprint density at radius 2 is 1.16 bits per heavy atom. The molecule has 5 nitrogen and oxygen atoms in total. The molecule has 0 amide bonds. The number of aryl methyl sites for hydroxylation is 5. The topological polar surface area (TPSA) is 55.7 Å². The van der Waals surface area contributed by atoms with Crippen LogP contribution in [0.25, 0.3) is 45.0 Å². The summed E-state index contributed by atoms with van der Waals surface area (Å²) in [5, 5.41) is 0. The molecule has 0 aliphatic carbocycles. The summed E-state index contributed by atoms with van der Waals surface area (Å²) >= 11 is 2.15. The van der Waals surface area contributed by atoms with Crippen LogP contribution in [0.2, 0.25) is 0 Å². The standard InChI is InChI=1S/C18H17FN2.C17H15FN2.C4H8O.CH3I.2CH4.Na.H/c1-12-5-4-6-13(2)17(12)16-11-14(19)7-8-15(16)18-20-9-10-21(18)3;1-11-4-3-5-12(2)16(11)15-10-13(18)6-7-14(15)17-19-8-9-20-17;1-2-4-5-3-1;1-2;;;;/h4-11H,1-3H3;3-10H,1-2H3,(H,19,20);1-4H2;1H3;2*1H4;;/q;;;;;;+1;-1. The molecule has 0 unspecified atom stereocenters. The molecule has 51 heavy (non-hydrogen) atoms. The predicted molar refractivity (Wildman–Crippen MR) is 217 cm³/mol. The molecule has 7 rings (SSSR count). The van der Waals surface area contributed by atoms with E-state index < -0.39 is 0 Å². The Kier molecular flexibility index (Phi) is 20.4. The molecule has 1 aliphatic heterocycles. The molecule has 0 spiro atoms. The van der Waals surface area contributed by atoms with Gasteiger partial charge in [-0.15, -0.1) is 0 Å². The van der Waals surface area contributed by atoms with Gasteiger partial charge < -0.3 is 15.7 Å². The molecule has 3 heterocycles. The summed E-state index contributed by atoms with van der Waals surface area (Å²) in [6.07, 6.45) is 9.68. The Balaban J connectivity index is 0.000000793. The van der Waals surface area contributed by atoms with E-state index in [0.717, 1.165) is 80.5 Å². The first-order chi connectivity index (χ1) is 23.2. The van der Waals surface area contributed by atoms with Crippen LogP contribution in [0.3, 0.4) is 0 Å². The van der Waals surface area contributed by atoms with Crippen molar-refractivity contribution in [1.82, 2.24) is 19.5 Å². The Morgan fingerprint density at radius 3 is 1.55 bits per heavy atom. The first-order valence-corrected chi connectivity index (χ1v) is 18.1. The van der Waals surface area contributed by atoms with Crippen LogP contribution in [-0.2, 0) is 11.8 Å². The van der Waals surface area contributed by atoms with Crippen LogP contribution in [0.1, 0.15) is 51.4 Å². The molecule has 268 valence electrons. The largest absolute Gasteiger partial charge is 1.00 e. The third-order valence-electron chi connectivity index (χ3n) is 8.11. The molecule has 0 saturated carbocycles. The molecule has 4 aromatic carbocycles. The van der Waals surface area contributed by atoms with Gasteiger partial charge in [-0.1, -0.05) is 73.8 Å². The van der Waals surface area contributed by atoms with Gasteiger partial charge in [0, 0.05) is 56.2 Å². The summed E-state index contributed by atoms with van der Waals surface area (Å²) < 4.78 is 34.4. The van der Waals surface area contributed by atoms with Crippen LogP contribution in [-0.4, -0.2) is 37.7 Å². The first kappa shape index (κ1) is 45.9. The van der Waals surface area contributed by atoms with Crippen molar-refractivity contribution in [2.45, 2.75) is 55.4 Å². The van der Waals surface area contributed by atoms with Crippen molar-refractivity contribution < 1.29 is 44.5 Å². The second kappa shape index (κ2) is 22.7. The van der Waals surface area contributed by atoms with Gasteiger partial charge in [-0.2, -0.15) is 0 Å². The minimum Gasteiger partial charge on any atom is -1.00 e. The second-order valence-corrected chi connectivity index (χ2v) is 11.5. The van der Waals surface area contributed by atoms with Gasteiger partial charge in [-0.3, -0.25) is 0 Å². The van der Waals surface area contributed by atoms with E-state index in [2.05, 4.69) is 63.5 Å². The maximum Gasteiger partial charge on any atom is 1.00 e. The van der Waals surface area contributed by atoms with Gasteiger partial charge in [0.15, 0.2) is 0 Å². The molecule has 2 aromatic heterocycles.